The minimum atomic E-state index is 0.598. The third-order valence-electron chi connectivity index (χ3n) is 3.16. The van der Waals surface area contributed by atoms with Gasteiger partial charge >= 0.3 is 0 Å². The number of anilines is 1. The molecule has 0 bridgehead atoms. The fraction of sp³-hybridized carbons (Fsp3) is 0.462. The van der Waals surface area contributed by atoms with Gasteiger partial charge < -0.3 is 15.2 Å². The predicted octanol–water partition coefficient (Wildman–Crippen LogP) is 1.59. The summed E-state index contributed by atoms with van der Waals surface area (Å²) in [6.45, 7) is 5.27. The predicted molar refractivity (Wildman–Crippen MR) is 76.8 cm³/mol. The van der Waals surface area contributed by atoms with Crippen molar-refractivity contribution in [2.45, 2.75) is 0 Å². The van der Waals surface area contributed by atoms with E-state index in [9.17, 15) is 0 Å². The smallest absolute Gasteiger partial charge is 0.181 e. The van der Waals surface area contributed by atoms with Crippen LogP contribution in [0.25, 0.3) is 10.2 Å². The summed E-state index contributed by atoms with van der Waals surface area (Å²) in [5.41, 5.74) is 6.62. The van der Waals surface area contributed by atoms with Crippen LogP contribution in [0.2, 0.25) is 0 Å². The highest BCUT2D eigenvalue weighted by atomic mass is 32.1. The number of fused-ring (bicyclic) bond motifs is 1. The van der Waals surface area contributed by atoms with Crippen LogP contribution in [0.15, 0.2) is 18.2 Å². The molecule has 3 rings (SSSR count). The molecule has 0 atom stereocenters. The van der Waals surface area contributed by atoms with Crippen LogP contribution in [0.4, 0.5) is 5.13 Å². The monoisotopic (exact) mass is 279 g/mol. The molecule has 5 nitrogen and oxygen atoms in total. The molecule has 2 N–H and O–H groups in total. The fourth-order valence-electron chi connectivity index (χ4n) is 2.13. The molecule has 0 radical (unpaired) electrons. The first-order chi connectivity index (χ1) is 9.31. The summed E-state index contributed by atoms with van der Waals surface area (Å²) >= 11 is 1.49. The van der Waals surface area contributed by atoms with Crippen molar-refractivity contribution in [3.63, 3.8) is 0 Å². The minimum absolute atomic E-state index is 0.598. The first-order valence-electron chi connectivity index (χ1n) is 6.40. The van der Waals surface area contributed by atoms with E-state index < -0.39 is 0 Å². The number of morpholine rings is 1. The standard InChI is InChI=1S/C13H17N3O2S/c14-13-15-11-2-1-10(9-12(11)19-13)18-8-5-16-3-6-17-7-4-16/h1-2,9H,3-8H2,(H2,14,15). The lowest BCUT2D eigenvalue weighted by Gasteiger charge is -2.26. The summed E-state index contributed by atoms with van der Waals surface area (Å²) in [5, 5.41) is 0.598. The Kier molecular flexibility index (Phi) is 3.82. The second-order valence-corrected chi connectivity index (χ2v) is 5.55. The molecule has 19 heavy (non-hydrogen) atoms. The number of hydrogen-bond acceptors (Lipinski definition) is 6. The van der Waals surface area contributed by atoms with Crippen molar-refractivity contribution < 1.29 is 9.47 Å². The second kappa shape index (κ2) is 5.73. The number of rotatable bonds is 4. The molecule has 0 spiro atoms. The zero-order valence-electron chi connectivity index (χ0n) is 10.7. The molecule has 2 heterocycles. The van der Waals surface area contributed by atoms with Crippen LogP contribution in [0.3, 0.4) is 0 Å². The molecule has 0 unspecified atom stereocenters. The lowest BCUT2D eigenvalue weighted by molar-refractivity contribution is 0.0322. The number of benzene rings is 1. The van der Waals surface area contributed by atoms with Gasteiger partial charge in [-0.05, 0) is 18.2 Å². The van der Waals surface area contributed by atoms with Crippen molar-refractivity contribution >= 4 is 26.7 Å². The van der Waals surface area contributed by atoms with Crippen LogP contribution in [-0.2, 0) is 4.74 Å². The van der Waals surface area contributed by atoms with Gasteiger partial charge in [0.05, 0.1) is 23.4 Å². The van der Waals surface area contributed by atoms with Crippen molar-refractivity contribution in [1.29, 1.82) is 0 Å². The summed E-state index contributed by atoms with van der Waals surface area (Å²) in [5.74, 6) is 0.879. The zero-order valence-corrected chi connectivity index (χ0v) is 11.5. The Labute approximate surface area is 115 Å². The van der Waals surface area contributed by atoms with Crippen LogP contribution in [0.5, 0.6) is 5.75 Å². The van der Waals surface area contributed by atoms with Crippen LogP contribution in [0.1, 0.15) is 0 Å². The van der Waals surface area contributed by atoms with Crippen molar-refractivity contribution in [3.05, 3.63) is 18.2 Å². The number of ether oxygens (including phenoxy) is 2. The first kappa shape index (κ1) is 12.7. The van der Waals surface area contributed by atoms with Gasteiger partial charge in [-0.1, -0.05) is 11.3 Å². The molecule has 1 saturated heterocycles. The van der Waals surface area contributed by atoms with Gasteiger partial charge in [0, 0.05) is 19.6 Å². The Morgan fingerprint density at radius 2 is 2.21 bits per heavy atom. The van der Waals surface area contributed by atoms with Crippen LogP contribution < -0.4 is 10.5 Å². The fourth-order valence-corrected chi connectivity index (χ4v) is 2.89. The largest absolute Gasteiger partial charge is 0.492 e. The summed E-state index contributed by atoms with van der Waals surface area (Å²) < 4.78 is 12.2. The Bertz CT molecular complexity index is 552. The Morgan fingerprint density at radius 1 is 1.37 bits per heavy atom. The molecule has 102 valence electrons. The number of nitrogens with zero attached hydrogens (tertiary/aromatic N) is 2. The van der Waals surface area contributed by atoms with E-state index in [0.717, 1.165) is 48.8 Å². The molecule has 0 amide bonds. The van der Waals surface area contributed by atoms with Crippen molar-refractivity contribution in [2.24, 2.45) is 0 Å². The van der Waals surface area contributed by atoms with Gasteiger partial charge in [-0.25, -0.2) is 4.98 Å². The molecule has 1 aromatic heterocycles. The lowest BCUT2D eigenvalue weighted by atomic mass is 10.3. The minimum Gasteiger partial charge on any atom is -0.492 e. The first-order valence-corrected chi connectivity index (χ1v) is 7.22. The van der Waals surface area contributed by atoms with Crippen molar-refractivity contribution in [2.75, 3.05) is 45.2 Å². The molecule has 2 aromatic rings. The summed E-state index contributed by atoms with van der Waals surface area (Å²) in [6.07, 6.45) is 0. The number of hydrogen-bond donors (Lipinski definition) is 1. The number of aromatic nitrogens is 1. The van der Waals surface area contributed by atoms with Gasteiger partial charge in [0.1, 0.15) is 12.4 Å². The Morgan fingerprint density at radius 3 is 3.05 bits per heavy atom. The van der Waals surface area contributed by atoms with Crippen molar-refractivity contribution in [1.82, 2.24) is 9.88 Å². The Hall–Kier alpha value is -1.37. The van der Waals surface area contributed by atoms with E-state index in [0.29, 0.717) is 11.7 Å². The third-order valence-corrected chi connectivity index (χ3v) is 4.00. The summed E-state index contributed by atoms with van der Waals surface area (Å²) in [6, 6.07) is 5.90. The van der Waals surface area contributed by atoms with Crippen LogP contribution in [0, 0.1) is 0 Å². The molecule has 1 aliphatic rings. The average Bonchev–Trinajstić information content (AvgIpc) is 2.79. The van der Waals surface area contributed by atoms with E-state index in [-0.39, 0.29) is 0 Å². The maximum atomic E-state index is 5.78. The molecule has 1 aromatic carbocycles. The van der Waals surface area contributed by atoms with Crippen molar-refractivity contribution in [3.8, 4) is 5.75 Å². The highest BCUT2D eigenvalue weighted by Gasteiger charge is 2.10. The highest BCUT2D eigenvalue weighted by molar-refractivity contribution is 7.22. The highest BCUT2D eigenvalue weighted by Crippen LogP contribution is 2.27. The Balaban J connectivity index is 1.55. The molecule has 0 aliphatic carbocycles. The van der Waals surface area contributed by atoms with E-state index in [1.165, 1.54) is 11.3 Å². The quantitative estimate of drug-likeness (QED) is 0.921. The number of nitrogens with two attached hydrogens (primary N) is 1. The zero-order chi connectivity index (χ0) is 13.1. The molecule has 0 saturated carbocycles. The summed E-state index contributed by atoms with van der Waals surface area (Å²) in [7, 11) is 0. The summed E-state index contributed by atoms with van der Waals surface area (Å²) in [4.78, 5) is 6.58. The maximum absolute atomic E-state index is 5.78. The van der Waals surface area contributed by atoms with Gasteiger partial charge in [0.2, 0.25) is 0 Å². The molecule has 6 heteroatoms. The number of nitrogen functional groups attached to an aromatic ring is 1. The van der Waals surface area contributed by atoms with Gasteiger partial charge in [-0.15, -0.1) is 0 Å². The van der Waals surface area contributed by atoms with Crippen LogP contribution in [-0.4, -0.2) is 49.3 Å². The van der Waals surface area contributed by atoms with Crippen LogP contribution >= 0.6 is 11.3 Å². The van der Waals surface area contributed by atoms with Gasteiger partial charge in [0.25, 0.3) is 0 Å². The van der Waals surface area contributed by atoms with E-state index in [1.807, 2.05) is 18.2 Å². The topological polar surface area (TPSA) is 60.6 Å². The average molecular weight is 279 g/mol. The van der Waals surface area contributed by atoms with Gasteiger partial charge in [0.15, 0.2) is 5.13 Å². The van der Waals surface area contributed by atoms with E-state index >= 15 is 0 Å². The molecular weight excluding hydrogens is 262 g/mol. The van der Waals surface area contributed by atoms with E-state index in [4.69, 9.17) is 15.2 Å². The van der Waals surface area contributed by atoms with E-state index in [2.05, 4.69) is 9.88 Å². The normalized spacial score (nSPS) is 16.8. The maximum Gasteiger partial charge on any atom is 0.181 e. The lowest BCUT2D eigenvalue weighted by Crippen LogP contribution is -2.38. The second-order valence-electron chi connectivity index (χ2n) is 4.48. The van der Waals surface area contributed by atoms with E-state index in [1.54, 1.807) is 0 Å². The molecule has 1 aliphatic heterocycles. The molecule has 1 fully saturated rings. The third kappa shape index (κ3) is 3.15. The van der Waals surface area contributed by atoms with Gasteiger partial charge in [-0.2, -0.15) is 0 Å². The number of thiazole rings is 1. The van der Waals surface area contributed by atoms with Gasteiger partial charge in [-0.3, -0.25) is 4.90 Å². The SMILES string of the molecule is Nc1nc2ccc(OCCN3CCOCC3)cc2s1. The molecular formula is C13H17N3O2S.